The van der Waals surface area contributed by atoms with Crippen LogP contribution in [-0.4, -0.2) is 54.4 Å². The summed E-state index contributed by atoms with van der Waals surface area (Å²) < 4.78 is 37.0. The first-order valence-electron chi connectivity index (χ1n) is 36.1. The van der Waals surface area contributed by atoms with Gasteiger partial charge in [-0.2, -0.15) is 0 Å². The Balaban J connectivity index is 0.000000146. The molecule has 1 fully saturated rings. The zero-order chi connectivity index (χ0) is 75.1. The fourth-order valence-electron chi connectivity index (χ4n) is 13.7. The molecular weight excluding hydrogens is 1510 g/mol. The topological polar surface area (TPSA) is 65.8 Å². The van der Waals surface area contributed by atoms with Gasteiger partial charge < -0.3 is 28.1 Å². The first-order chi connectivity index (χ1) is 53.7. The number of benzene rings is 15. The molecule has 15 aromatic carbocycles. The Hall–Kier alpha value is -11.5. The zero-order valence-electron chi connectivity index (χ0n) is 60.5. The van der Waals surface area contributed by atoms with Gasteiger partial charge in [0.05, 0.1) is 47.4 Å². The minimum atomic E-state index is -1.00. The van der Waals surface area contributed by atoms with Crippen LogP contribution in [0.3, 0.4) is 0 Å². The van der Waals surface area contributed by atoms with E-state index in [0.29, 0.717) is 13.4 Å². The molecule has 542 valence electrons. The molecular formula is C96H80B2Br2F2N4O3S. The molecule has 2 radical (unpaired) electrons. The molecule has 110 heavy (non-hydrogen) atoms. The second-order valence-electron chi connectivity index (χ2n) is 25.3. The fourth-order valence-corrected chi connectivity index (χ4v) is 14.5. The predicted molar refractivity (Wildman–Crippen MR) is 473 cm³/mol. The van der Waals surface area contributed by atoms with E-state index in [-0.39, 0.29) is 12.1 Å². The number of para-hydroxylation sites is 3. The fraction of sp³-hybridized carbons (Fsp3) is 0.0625. The van der Waals surface area contributed by atoms with Crippen LogP contribution in [0.2, 0.25) is 0 Å². The molecule has 4 heterocycles. The molecule has 1 aliphatic heterocycles. The van der Waals surface area contributed by atoms with Gasteiger partial charge >= 0.3 is 32.4 Å². The summed E-state index contributed by atoms with van der Waals surface area (Å²) in [6, 6.07) is 132. The smallest absolute Gasteiger partial charge is 0.0541 e. The number of halogens is 4. The van der Waals surface area contributed by atoms with Gasteiger partial charge in [-0.05, 0) is 190 Å². The summed E-state index contributed by atoms with van der Waals surface area (Å²) in [6.45, 7) is 2.00. The summed E-state index contributed by atoms with van der Waals surface area (Å²) >= 11 is 10.5. The van der Waals surface area contributed by atoms with Crippen LogP contribution in [0.1, 0.15) is 21.6 Å². The van der Waals surface area contributed by atoms with Crippen molar-refractivity contribution in [2.45, 2.75) is 20.3 Å². The molecule has 0 spiro atoms. The van der Waals surface area contributed by atoms with E-state index in [4.69, 9.17) is 11.1 Å². The number of hydrogen-bond donors (Lipinski definition) is 2. The van der Waals surface area contributed by atoms with Crippen LogP contribution in [0.15, 0.2) is 389 Å². The van der Waals surface area contributed by atoms with Crippen molar-refractivity contribution in [3.8, 4) is 78.4 Å². The Morgan fingerprint density at radius 1 is 0.364 bits per heavy atom. The number of nitrogens with zero attached hydrogens (tertiary/aromatic N) is 4. The largest absolute Gasteiger partial charge is 0.309 e. The van der Waals surface area contributed by atoms with Crippen LogP contribution in [0.5, 0.6) is 5.75 Å². The average Bonchev–Trinajstić information content (AvgIpc) is 1.61. The van der Waals surface area contributed by atoms with Crippen LogP contribution in [0.4, 0.5) is 9.09 Å². The number of hydrogen-bond acceptors (Lipinski definition) is 5. The van der Waals surface area contributed by atoms with Gasteiger partial charge in [0.1, 0.15) is 0 Å². The van der Waals surface area contributed by atoms with Crippen molar-refractivity contribution >= 4 is 125 Å². The predicted octanol–water partition coefficient (Wildman–Crippen LogP) is 27.2. The number of ether oxygens (including phenoxy) is 1. The van der Waals surface area contributed by atoms with Crippen molar-refractivity contribution in [3.63, 3.8) is 0 Å². The van der Waals surface area contributed by atoms with Crippen molar-refractivity contribution in [2.24, 2.45) is 4.30 Å². The molecule has 0 atom stereocenters. The number of rotatable bonds is 10. The summed E-state index contributed by atoms with van der Waals surface area (Å²) in [7, 11) is 4.00. The first-order valence-corrected chi connectivity index (χ1v) is 37.4. The number of alkyl halides is 1. The van der Waals surface area contributed by atoms with Crippen LogP contribution < -0.4 is 4.65 Å². The molecule has 1 saturated heterocycles. The van der Waals surface area contributed by atoms with Crippen LogP contribution in [-0.2, 0) is 4.74 Å². The minimum absolute atomic E-state index is 0. The van der Waals surface area contributed by atoms with E-state index in [1.165, 1.54) is 151 Å². The molecule has 7 nitrogen and oxygen atoms in total. The normalized spacial score (nSPS) is 11.2. The van der Waals surface area contributed by atoms with E-state index >= 15 is 0 Å². The first kappa shape index (κ1) is 78.1. The van der Waals surface area contributed by atoms with Crippen molar-refractivity contribution in [3.05, 3.63) is 385 Å². The third kappa shape index (κ3) is 18.8. The Bertz CT molecular complexity index is 5940. The van der Waals surface area contributed by atoms with E-state index in [1.807, 2.05) is 24.3 Å². The molecule has 19 rings (SSSR count). The van der Waals surface area contributed by atoms with Crippen molar-refractivity contribution in [2.75, 3.05) is 20.4 Å². The van der Waals surface area contributed by atoms with Crippen molar-refractivity contribution < 1.29 is 24.9 Å². The monoisotopic (exact) mass is 1590 g/mol. The van der Waals surface area contributed by atoms with Gasteiger partial charge in [-0.15, -0.1) is 0 Å². The van der Waals surface area contributed by atoms with Crippen molar-refractivity contribution in [1.82, 2.24) is 13.7 Å². The second kappa shape index (κ2) is 39.6. The van der Waals surface area contributed by atoms with Crippen LogP contribution in [0, 0.1) is 0 Å². The van der Waals surface area contributed by atoms with Gasteiger partial charge in [0.25, 0.3) is 0 Å². The summed E-state index contributed by atoms with van der Waals surface area (Å²) in [5, 5.41) is 15.8. The molecule has 0 saturated carbocycles. The Kier molecular flexibility index (Phi) is 28.1. The van der Waals surface area contributed by atoms with Crippen LogP contribution >= 0.6 is 44.7 Å². The molecule has 0 bridgehead atoms. The summed E-state index contributed by atoms with van der Waals surface area (Å²) in [5.41, 5.74) is 23.2. The molecule has 18 aromatic rings. The third-order valence-corrected chi connectivity index (χ3v) is 19.7. The van der Waals surface area contributed by atoms with Gasteiger partial charge in [-0.25, -0.2) is 0 Å². The third-order valence-electron chi connectivity index (χ3n) is 18.7. The molecule has 3 aromatic heterocycles. The zero-order valence-corrected chi connectivity index (χ0v) is 63.6. The second-order valence-corrected chi connectivity index (χ2v) is 27.3. The van der Waals surface area contributed by atoms with Crippen molar-refractivity contribution in [1.29, 1.82) is 0 Å². The average molecular weight is 1590 g/mol. The SMILES string of the molecule is Brc1ccc2c(c1)c1cc(-c3ccccc3)ccc1n2-c1ccc(-c2ccccc2)cc1.Brc1ccc2c(c1)c1ccccc1n2-c1ccc(-c2ccccc2)cc1.C.C1CCOC1.F.O[B]Oc1ccccc1.[2H]CF.[B]=NS.c1ccc(-c2ccc(-n3c4ccccc4c4cc(-c5ccccc5)ccc43)cc2)cc1. The van der Waals surface area contributed by atoms with E-state index < -0.39 is 7.15 Å². The van der Waals surface area contributed by atoms with Gasteiger partial charge in [-0.1, -0.05) is 294 Å². The Morgan fingerprint density at radius 2 is 0.600 bits per heavy atom. The molecule has 0 unspecified atom stereocenters. The molecule has 0 amide bonds. The number of thiol groups is 1. The van der Waals surface area contributed by atoms with Gasteiger partial charge in [0.15, 0.2) is 0 Å². The number of aromatic nitrogens is 3. The standard InChI is InChI=1S/C30H20BrN.C30H21N.C24H16BrN.C6H6BO2.C4H8O.CH3F.CH4.BHNS.FH/c31-25-14-18-30-28(20-25)27-19-24(22-9-5-2-6-10-22)13-17-29(27)32(30)26-15-11-23(12-16-26)21-7-3-1-4-8-21;1-3-9-22(10-4-1)24-15-18-26(19-16-24)31-29-14-8-7-13-27(29)28-21-25(17-20-30(28)31)23-11-5-2-6-12-23;25-19-12-15-24-22(16-19)21-8-4-5-9-23(21)26(24)20-13-10-18(11-14-20)17-6-2-1-3-7-17;8-7-9-6-4-2-1-3-5-6;1-2-4-5-3-1;1-2;;1-2-3;/h1-20H;1-21H;1-16H;1-5,8H;1-4H2;1H3;1H4;3H;1H/i;;;;;1D;;;. The van der Waals surface area contributed by atoms with E-state index in [9.17, 15) is 4.39 Å². The maximum absolute atomic E-state index is 9.96. The summed E-state index contributed by atoms with van der Waals surface area (Å²) in [4.78, 5) is 0. The molecule has 14 heteroatoms. The Morgan fingerprint density at radius 3 is 0.909 bits per heavy atom. The quantitative estimate of drug-likeness (QED) is 0.106. The molecule has 1 N–H and O–H groups in total. The Labute approximate surface area is 667 Å². The van der Waals surface area contributed by atoms with E-state index in [1.54, 1.807) is 12.1 Å². The van der Waals surface area contributed by atoms with Gasteiger partial charge in [0, 0.05) is 71.5 Å². The summed E-state index contributed by atoms with van der Waals surface area (Å²) in [6.07, 6.45) is 2.56. The maximum Gasteiger partial charge on any atom is 0.0541 e. The molecule has 1 aliphatic rings. The van der Waals surface area contributed by atoms with E-state index in [0.717, 1.165) is 22.2 Å². The maximum atomic E-state index is 9.96. The van der Waals surface area contributed by atoms with E-state index in [2.05, 4.69) is 415 Å². The number of fused-ring (bicyclic) bond motifs is 9. The summed E-state index contributed by atoms with van der Waals surface area (Å²) in [5.74, 6) is 0.639. The minimum Gasteiger partial charge on any atom is -0.309 e. The molecule has 0 aliphatic carbocycles. The van der Waals surface area contributed by atoms with Gasteiger partial charge in [-0.3, -0.25) is 9.09 Å². The van der Waals surface area contributed by atoms with Gasteiger partial charge in [0.2, 0.25) is 0 Å². The van der Waals surface area contributed by atoms with Crippen LogP contribution in [0.25, 0.3) is 138 Å².